The lowest BCUT2D eigenvalue weighted by atomic mass is 9.99. The average molecular weight is 556 g/mol. The van der Waals surface area contributed by atoms with Gasteiger partial charge in [-0.1, -0.05) is 31.9 Å². The molecule has 2 aliphatic heterocycles. The van der Waals surface area contributed by atoms with E-state index in [2.05, 4.69) is 128 Å². The summed E-state index contributed by atoms with van der Waals surface area (Å²) in [7, 11) is 8.82. The monoisotopic (exact) mass is 554 g/mol. The Labute approximate surface area is 207 Å². The van der Waals surface area contributed by atoms with Crippen LogP contribution in [0.1, 0.15) is 22.3 Å². The fourth-order valence-corrected chi connectivity index (χ4v) is 5.91. The predicted octanol–water partition coefficient (Wildman–Crippen LogP) is 6.38. The molecule has 166 valence electrons. The molecule has 6 heteroatoms. The van der Waals surface area contributed by atoms with Crippen LogP contribution in [-0.4, -0.2) is 28.2 Å². The van der Waals surface area contributed by atoms with Crippen LogP contribution in [0.5, 0.6) is 0 Å². The lowest BCUT2D eigenvalue weighted by Gasteiger charge is -2.36. The summed E-state index contributed by atoms with van der Waals surface area (Å²) in [5.74, 6) is 0. The van der Waals surface area contributed by atoms with Crippen LogP contribution >= 0.6 is 31.9 Å². The highest BCUT2D eigenvalue weighted by Crippen LogP contribution is 2.39. The number of nitrogens with zero attached hydrogens (tertiary/aromatic N) is 4. The smallest absolute Gasteiger partial charge is 0.0447 e. The zero-order valence-corrected chi connectivity index (χ0v) is 22.2. The molecule has 5 rings (SSSR count). The Hall–Kier alpha value is -2.18. The average Bonchev–Trinajstić information content (AvgIpc) is 2.72. The zero-order valence-electron chi connectivity index (χ0n) is 19.0. The van der Waals surface area contributed by atoms with Gasteiger partial charge in [-0.2, -0.15) is 0 Å². The summed E-state index contributed by atoms with van der Waals surface area (Å²) in [6, 6.07) is 18.0. The molecule has 0 N–H and O–H groups in total. The molecule has 0 amide bonds. The molecule has 0 atom stereocenters. The number of fused-ring (bicyclic) bond motifs is 4. The van der Waals surface area contributed by atoms with Crippen molar-refractivity contribution >= 4 is 54.6 Å². The van der Waals surface area contributed by atoms with Gasteiger partial charge in [0.1, 0.15) is 0 Å². The standard InChI is InChI=1S/C26H28Br2N4/c1-29-15-19-11-26-20(12-25(19)31(3)13-17-9-21(27)5-7-23(17)29)16-30(2)24-8-6-22(28)10-18(24)14-32(26)4/h5-12H,13-16H2,1-4H3. The van der Waals surface area contributed by atoms with E-state index in [-0.39, 0.29) is 0 Å². The second kappa shape index (κ2) is 8.31. The van der Waals surface area contributed by atoms with Crippen molar-refractivity contribution in [3.8, 4) is 0 Å². The summed E-state index contributed by atoms with van der Waals surface area (Å²) in [6.07, 6.45) is 0. The third-order valence-corrected chi connectivity index (χ3v) is 7.62. The highest BCUT2D eigenvalue weighted by Gasteiger charge is 2.24. The summed E-state index contributed by atoms with van der Waals surface area (Å²) in [5.41, 5.74) is 10.7. The highest BCUT2D eigenvalue weighted by atomic mass is 79.9. The molecule has 2 aliphatic rings. The molecular formula is C26H28Br2N4. The van der Waals surface area contributed by atoms with Gasteiger partial charge in [0.15, 0.2) is 0 Å². The summed E-state index contributed by atoms with van der Waals surface area (Å²) in [5, 5.41) is 0. The molecule has 32 heavy (non-hydrogen) atoms. The van der Waals surface area contributed by atoms with E-state index < -0.39 is 0 Å². The van der Waals surface area contributed by atoms with Crippen molar-refractivity contribution in [2.45, 2.75) is 26.2 Å². The van der Waals surface area contributed by atoms with Gasteiger partial charge in [-0.3, -0.25) is 0 Å². The minimum atomic E-state index is 0.882. The number of anilines is 4. The Bertz CT molecular complexity index is 1100. The highest BCUT2D eigenvalue weighted by molar-refractivity contribution is 9.10. The van der Waals surface area contributed by atoms with Gasteiger partial charge >= 0.3 is 0 Å². The largest absolute Gasteiger partial charge is 0.370 e. The Kier molecular flexibility index (Phi) is 5.62. The van der Waals surface area contributed by atoms with E-state index in [1.54, 1.807) is 0 Å². The molecule has 0 saturated carbocycles. The van der Waals surface area contributed by atoms with E-state index in [0.29, 0.717) is 0 Å². The molecule has 0 aromatic heterocycles. The molecule has 0 aliphatic carbocycles. The molecule has 0 radical (unpaired) electrons. The second-order valence-electron chi connectivity index (χ2n) is 9.08. The molecular weight excluding hydrogens is 528 g/mol. The molecule has 4 nitrogen and oxygen atoms in total. The van der Waals surface area contributed by atoms with Crippen molar-refractivity contribution in [3.63, 3.8) is 0 Å². The SMILES string of the molecule is CN1Cc2cc3c(cc2N(C)Cc2cc(Br)ccc21)CN(C)c1ccc(Br)cc1CN3C. The Morgan fingerprint density at radius 2 is 0.781 bits per heavy atom. The van der Waals surface area contributed by atoms with Crippen molar-refractivity contribution in [1.82, 2.24) is 0 Å². The summed E-state index contributed by atoms with van der Waals surface area (Å²) < 4.78 is 2.26. The summed E-state index contributed by atoms with van der Waals surface area (Å²) >= 11 is 7.30. The lowest BCUT2D eigenvalue weighted by molar-refractivity contribution is 0.812. The first-order valence-electron chi connectivity index (χ1n) is 10.9. The lowest BCUT2D eigenvalue weighted by Crippen LogP contribution is -2.30. The van der Waals surface area contributed by atoms with E-state index in [1.807, 2.05) is 0 Å². The van der Waals surface area contributed by atoms with E-state index >= 15 is 0 Å². The molecule has 2 heterocycles. The van der Waals surface area contributed by atoms with Gasteiger partial charge in [0.05, 0.1) is 0 Å². The van der Waals surface area contributed by atoms with Crippen molar-refractivity contribution in [3.05, 3.63) is 79.7 Å². The van der Waals surface area contributed by atoms with Crippen LogP contribution in [0, 0.1) is 0 Å². The molecule has 0 spiro atoms. The van der Waals surface area contributed by atoms with Gasteiger partial charge in [0, 0.05) is 86.1 Å². The zero-order chi connectivity index (χ0) is 22.6. The van der Waals surface area contributed by atoms with Crippen LogP contribution in [0.25, 0.3) is 0 Å². The molecule has 0 saturated heterocycles. The number of hydrogen-bond donors (Lipinski definition) is 0. The normalized spacial score (nSPS) is 15.7. The van der Waals surface area contributed by atoms with Crippen LogP contribution < -0.4 is 19.6 Å². The molecule has 0 unspecified atom stereocenters. The molecule has 0 fully saturated rings. The topological polar surface area (TPSA) is 13.0 Å². The minimum Gasteiger partial charge on any atom is -0.370 e. The first kappa shape index (κ1) is 21.7. The Morgan fingerprint density at radius 1 is 0.469 bits per heavy atom. The van der Waals surface area contributed by atoms with Crippen molar-refractivity contribution in [2.75, 3.05) is 47.8 Å². The summed E-state index contributed by atoms with van der Waals surface area (Å²) in [4.78, 5) is 9.55. The molecule has 0 bridgehead atoms. The van der Waals surface area contributed by atoms with Crippen LogP contribution in [0.2, 0.25) is 0 Å². The number of rotatable bonds is 0. The predicted molar refractivity (Wildman–Crippen MR) is 143 cm³/mol. The maximum atomic E-state index is 3.65. The number of hydrogen-bond acceptors (Lipinski definition) is 4. The minimum absolute atomic E-state index is 0.882. The van der Waals surface area contributed by atoms with E-state index in [1.165, 1.54) is 45.0 Å². The van der Waals surface area contributed by atoms with Crippen LogP contribution in [0.3, 0.4) is 0 Å². The van der Waals surface area contributed by atoms with Crippen molar-refractivity contribution in [2.24, 2.45) is 0 Å². The first-order chi connectivity index (χ1) is 15.3. The van der Waals surface area contributed by atoms with Gasteiger partial charge in [0.2, 0.25) is 0 Å². The third kappa shape index (κ3) is 3.88. The van der Waals surface area contributed by atoms with Crippen molar-refractivity contribution < 1.29 is 0 Å². The van der Waals surface area contributed by atoms with Gasteiger partial charge in [-0.15, -0.1) is 0 Å². The maximum absolute atomic E-state index is 3.65. The van der Waals surface area contributed by atoms with E-state index in [4.69, 9.17) is 0 Å². The Balaban J connectivity index is 1.59. The van der Waals surface area contributed by atoms with Gasteiger partial charge in [-0.05, 0) is 70.8 Å². The number of halogens is 2. The number of benzene rings is 3. The third-order valence-electron chi connectivity index (χ3n) is 6.64. The Morgan fingerprint density at radius 3 is 1.16 bits per heavy atom. The van der Waals surface area contributed by atoms with Crippen molar-refractivity contribution in [1.29, 1.82) is 0 Å². The second-order valence-corrected chi connectivity index (χ2v) is 10.9. The van der Waals surface area contributed by atoms with Gasteiger partial charge in [0.25, 0.3) is 0 Å². The van der Waals surface area contributed by atoms with Gasteiger partial charge in [-0.25, -0.2) is 0 Å². The molecule has 3 aromatic rings. The van der Waals surface area contributed by atoms with Crippen LogP contribution in [-0.2, 0) is 26.2 Å². The summed E-state index contributed by atoms with van der Waals surface area (Å²) in [6.45, 7) is 3.53. The fourth-order valence-electron chi connectivity index (χ4n) is 5.10. The van der Waals surface area contributed by atoms with E-state index in [9.17, 15) is 0 Å². The fraction of sp³-hybridized carbons (Fsp3) is 0.308. The first-order valence-corrected chi connectivity index (χ1v) is 12.5. The molecule has 3 aromatic carbocycles. The quantitative estimate of drug-likeness (QED) is 0.319. The van der Waals surface area contributed by atoms with Crippen LogP contribution in [0.4, 0.5) is 22.7 Å². The van der Waals surface area contributed by atoms with Crippen LogP contribution in [0.15, 0.2) is 57.5 Å². The van der Waals surface area contributed by atoms with Gasteiger partial charge < -0.3 is 19.6 Å². The maximum Gasteiger partial charge on any atom is 0.0447 e. The van der Waals surface area contributed by atoms with E-state index in [0.717, 1.165) is 35.1 Å².